The Morgan fingerprint density at radius 2 is 1.73 bits per heavy atom. The van der Waals surface area contributed by atoms with Crippen LogP contribution in [0.4, 0.5) is 0 Å². The number of benzene rings is 1. The first-order chi connectivity index (χ1) is 7.09. The van der Waals surface area contributed by atoms with E-state index < -0.39 is 0 Å². The minimum Gasteiger partial charge on any atom is -0.289 e. The molecule has 0 aliphatic carbocycles. The van der Waals surface area contributed by atoms with Crippen LogP contribution >= 0.6 is 0 Å². The summed E-state index contributed by atoms with van der Waals surface area (Å²) in [6, 6.07) is 8.63. The molecule has 1 rings (SSSR count). The number of hydrogen-bond donors (Lipinski definition) is 1. The van der Waals surface area contributed by atoms with Gasteiger partial charge in [-0.25, -0.2) is 0 Å². The molecule has 1 aromatic rings. The van der Waals surface area contributed by atoms with Gasteiger partial charge in [0.1, 0.15) is 0 Å². The topological polar surface area (TPSA) is 46.2 Å². The molecule has 78 valence electrons. The highest BCUT2D eigenvalue weighted by Gasteiger charge is 2.06. The van der Waals surface area contributed by atoms with Gasteiger partial charge >= 0.3 is 0 Å². The average Bonchev–Trinajstić information content (AvgIpc) is 2.17. The summed E-state index contributed by atoms with van der Waals surface area (Å²) in [4.78, 5) is 22.7. The number of carbonyl (C=O) groups excluding carboxylic acids is 2. The van der Waals surface area contributed by atoms with Crippen LogP contribution in [0.2, 0.25) is 0 Å². The fourth-order valence-corrected chi connectivity index (χ4v) is 1.07. The van der Waals surface area contributed by atoms with Gasteiger partial charge in [0.25, 0.3) is 11.8 Å². The van der Waals surface area contributed by atoms with Crippen LogP contribution in [0, 0.1) is 0 Å². The van der Waals surface area contributed by atoms with Crippen molar-refractivity contribution < 1.29 is 9.59 Å². The van der Waals surface area contributed by atoms with Gasteiger partial charge in [0.15, 0.2) is 0 Å². The summed E-state index contributed by atoms with van der Waals surface area (Å²) >= 11 is 0. The van der Waals surface area contributed by atoms with E-state index in [0.717, 1.165) is 5.57 Å². The summed E-state index contributed by atoms with van der Waals surface area (Å²) in [6.45, 7) is 3.60. The molecule has 0 radical (unpaired) electrons. The van der Waals surface area contributed by atoms with E-state index >= 15 is 0 Å². The van der Waals surface area contributed by atoms with Crippen LogP contribution < -0.4 is 5.32 Å². The molecule has 15 heavy (non-hydrogen) atoms. The zero-order valence-electron chi connectivity index (χ0n) is 8.78. The molecule has 1 aromatic carbocycles. The van der Waals surface area contributed by atoms with Crippen molar-refractivity contribution in [2.45, 2.75) is 13.8 Å². The maximum atomic E-state index is 11.5. The summed E-state index contributed by atoms with van der Waals surface area (Å²) in [7, 11) is 0. The molecular formula is C12H13NO2. The molecule has 0 fully saturated rings. The second kappa shape index (κ2) is 5.10. The zero-order chi connectivity index (χ0) is 11.3. The van der Waals surface area contributed by atoms with Gasteiger partial charge in [0.2, 0.25) is 0 Å². The van der Waals surface area contributed by atoms with Crippen molar-refractivity contribution in [3.8, 4) is 0 Å². The Bertz CT molecular complexity index is 389. The second-order valence-corrected chi connectivity index (χ2v) is 3.41. The largest absolute Gasteiger partial charge is 0.289 e. The van der Waals surface area contributed by atoms with E-state index in [0.29, 0.717) is 5.56 Å². The first kappa shape index (κ1) is 11.2. The maximum absolute atomic E-state index is 11.5. The van der Waals surface area contributed by atoms with Crippen LogP contribution in [-0.2, 0) is 4.79 Å². The minimum atomic E-state index is -0.385. The number of nitrogens with one attached hydrogen (secondary N) is 1. The molecule has 2 amide bonds. The van der Waals surface area contributed by atoms with Crippen LogP contribution in [0.15, 0.2) is 42.0 Å². The van der Waals surface area contributed by atoms with E-state index in [1.807, 2.05) is 6.07 Å². The van der Waals surface area contributed by atoms with Crippen LogP contribution in [0.1, 0.15) is 24.2 Å². The molecule has 0 atom stereocenters. The third-order valence-electron chi connectivity index (χ3n) is 1.69. The first-order valence-electron chi connectivity index (χ1n) is 4.65. The maximum Gasteiger partial charge on any atom is 0.258 e. The quantitative estimate of drug-likeness (QED) is 0.746. The number of carbonyl (C=O) groups is 2. The average molecular weight is 203 g/mol. The Kier molecular flexibility index (Phi) is 3.80. The van der Waals surface area contributed by atoms with Crippen LogP contribution in [0.25, 0.3) is 0 Å². The fraction of sp³-hybridized carbons (Fsp3) is 0.167. The van der Waals surface area contributed by atoms with E-state index in [-0.39, 0.29) is 11.8 Å². The lowest BCUT2D eigenvalue weighted by Crippen LogP contribution is -2.28. The summed E-state index contributed by atoms with van der Waals surface area (Å²) in [5.41, 5.74) is 1.33. The van der Waals surface area contributed by atoms with Gasteiger partial charge in [-0.15, -0.1) is 0 Å². The van der Waals surface area contributed by atoms with Crippen molar-refractivity contribution >= 4 is 11.8 Å². The van der Waals surface area contributed by atoms with Gasteiger partial charge in [-0.05, 0) is 26.0 Å². The monoisotopic (exact) mass is 203 g/mol. The van der Waals surface area contributed by atoms with E-state index in [4.69, 9.17) is 0 Å². The number of rotatable bonds is 2. The minimum absolute atomic E-state index is 0.377. The van der Waals surface area contributed by atoms with Crippen molar-refractivity contribution in [1.29, 1.82) is 0 Å². The summed E-state index contributed by atoms with van der Waals surface area (Å²) in [5.74, 6) is -0.762. The first-order valence-corrected chi connectivity index (χ1v) is 4.65. The van der Waals surface area contributed by atoms with Crippen molar-refractivity contribution in [2.24, 2.45) is 0 Å². The van der Waals surface area contributed by atoms with E-state index in [9.17, 15) is 9.59 Å². The molecule has 1 N–H and O–H groups in total. The molecule has 3 nitrogen and oxygen atoms in total. The Balaban J connectivity index is 2.65. The smallest absolute Gasteiger partial charge is 0.258 e. The second-order valence-electron chi connectivity index (χ2n) is 3.41. The molecule has 0 saturated heterocycles. The number of imide groups is 1. The molecule has 0 saturated carbocycles. The van der Waals surface area contributed by atoms with Crippen molar-refractivity contribution in [1.82, 2.24) is 5.32 Å². The van der Waals surface area contributed by atoms with Gasteiger partial charge in [-0.2, -0.15) is 0 Å². The fourth-order valence-electron chi connectivity index (χ4n) is 1.07. The molecule has 0 heterocycles. The van der Waals surface area contributed by atoms with Crippen LogP contribution in [0.3, 0.4) is 0 Å². The Hall–Kier alpha value is -1.90. The van der Waals surface area contributed by atoms with Gasteiger partial charge in [0, 0.05) is 11.6 Å². The molecule has 0 aromatic heterocycles. The number of allylic oxidation sites excluding steroid dienone is 1. The highest BCUT2D eigenvalue weighted by Crippen LogP contribution is 1.98. The van der Waals surface area contributed by atoms with E-state index in [1.54, 1.807) is 38.1 Å². The molecule has 0 spiro atoms. The van der Waals surface area contributed by atoms with E-state index in [2.05, 4.69) is 5.32 Å². The highest BCUT2D eigenvalue weighted by molar-refractivity contribution is 6.08. The van der Waals surface area contributed by atoms with Crippen LogP contribution in [-0.4, -0.2) is 11.8 Å². The van der Waals surface area contributed by atoms with Gasteiger partial charge < -0.3 is 0 Å². The Morgan fingerprint density at radius 1 is 1.13 bits per heavy atom. The van der Waals surface area contributed by atoms with Crippen molar-refractivity contribution in [2.75, 3.05) is 0 Å². The zero-order valence-corrected chi connectivity index (χ0v) is 8.78. The summed E-state index contributed by atoms with van der Waals surface area (Å²) in [6.07, 6.45) is 1.39. The molecule has 0 aliphatic rings. The summed E-state index contributed by atoms with van der Waals surface area (Å²) in [5, 5.41) is 2.27. The predicted octanol–water partition coefficient (Wildman–Crippen LogP) is 1.91. The molecular weight excluding hydrogens is 190 g/mol. The molecule has 0 bridgehead atoms. The lowest BCUT2D eigenvalue weighted by Gasteiger charge is -2.00. The van der Waals surface area contributed by atoms with Gasteiger partial charge in [0.05, 0.1) is 0 Å². The number of amides is 2. The molecule has 3 heteroatoms. The van der Waals surface area contributed by atoms with E-state index in [1.165, 1.54) is 6.08 Å². The van der Waals surface area contributed by atoms with Gasteiger partial charge in [-0.1, -0.05) is 23.8 Å². The van der Waals surface area contributed by atoms with Crippen LogP contribution in [0.5, 0.6) is 0 Å². The third kappa shape index (κ3) is 3.77. The summed E-state index contributed by atoms with van der Waals surface area (Å²) < 4.78 is 0. The highest BCUT2D eigenvalue weighted by atomic mass is 16.2. The molecule has 0 aliphatic heterocycles. The lowest BCUT2D eigenvalue weighted by molar-refractivity contribution is -0.115. The van der Waals surface area contributed by atoms with Crippen molar-refractivity contribution in [3.05, 3.63) is 47.5 Å². The normalized spacial score (nSPS) is 9.20. The molecule has 0 unspecified atom stereocenters. The Morgan fingerprint density at radius 3 is 2.27 bits per heavy atom. The standard InChI is InChI=1S/C12H13NO2/c1-9(2)8-11(14)13-12(15)10-6-4-3-5-7-10/h3-8H,1-2H3,(H,13,14,15). The SMILES string of the molecule is CC(C)=CC(=O)NC(=O)c1ccccc1. The Labute approximate surface area is 88.8 Å². The van der Waals surface area contributed by atoms with Crippen molar-refractivity contribution in [3.63, 3.8) is 0 Å². The predicted molar refractivity (Wildman–Crippen MR) is 58.3 cm³/mol. The third-order valence-corrected chi connectivity index (χ3v) is 1.69. The van der Waals surface area contributed by atoms with Gasteiger partial charge in [-0.3, -0.25) is 14.9 Å². The lowest BCUT2D eigenvalue weighted by atomic mass is 10.2. The number of hydrogen-bond acceptors (Lipinski definition) is 2.